The first-order valence-electron chi connectivity index (χ1n) is 12.9. The molecule has 194 valence electrons. The first-order chi connectivity index (χ1) is 18.4. The van der Waals surface area contributed by atoms with Crippen molar-refractivity contribution in [2.75, 3.05) is 13.7 Å². The van der Waals surface area contributed by atoms with Gasteiger partial charge in [-0.2, -0.15) is 5.26 Å². The maximum Gasteiger partial charge on any atom is 0.258 e. The number of aromatic nitrogens is 3. The van der Waals surface area contributed by atoms with Gasteiger partial charge in [-0.3, -0.25) is 4.79 Å². The zero-order valence-electron chi connectivity index (χ0n) is 21.0. The van der Waals surface area contributed by atoms with E-state index < -0.39 is 5.54 Å². The van der Waals surface area contributed by atoms with Crippen molar-refractivity contribution < 1.29 is 9.53 Å². The predicted molar refractivity (Wildman–Crippen MR) is 145 cm³/mol. The van der Waals surface area contributed by atoms with Gasteiger partial charge in [0.05, 0.1) is 36.1 Å². The van der Waals surface area contributed by atoms with Crippen LogP contribution in [-0.2, 0) is 16.0 Å². The van der Waals surface area contributed by atoms with Crippen LogP contribution in [0.25, 0.3) is 5.57 Å². The summed E-state index contributed by atoms with van der Waals surface area (Å²) in [4.78, 5) is 16.0. The molecule has 3 heterocycles. The molecular weight excluding hydrogens is 521 g/mol. The van der Waals surface area contributed by atoms with Crippen LogP contribution in [0.3, 0.4) is 0 Å². The summed E-state index contributed by atoms with van der Waals surface area (Å²) in [6, 6.07) is 14.8. The highest BCUT2D eigenvalue weighted by molar-refractivity contribution is 6.35. The second-order valence-electron chi connectivity index (χ2n) is 10.5. The first-order valence-corrected chi connectivity index (χ1v) is 13.7. The van der Waals surface area contributed by atoms with Crippen LogP contribution < -0.4 is 0 Å². The zero-order chi connectivity index (χ0) is 26.4. The number of nitriles is 1. The topological polar surface area (TPSA) is 84.0 Å². The molecule has 2 unspecified atom stereocenters. The van der Waals surface area contributed by atoms with Crippen LogP contribution in [0.2, 0.25) is 10.0 Å². The lowest BCUT2D eigenvalue weighted by Crippen LogP contribution is -2.45. The van der Waals surface area contributed by atoms with E-state index in [1.54, 1.807) is 37.4 Å². The molecule has 1 aromatic heterocycles. The monoisotopic (exact) mass is 547 g/mol. The third-order valence-corrected chi connectivity index (χ3v) is 8.64. The molecule has 0 N–H and O–H groups in total. The minimum atomic E-state index is -0.728. The summed E-state index contributed by atoms with van der Waals surface area (Å²) >= 11 is 12.6. The number of nitrogens with zero attached hydrogens (tertiary/aromatic N) is 5. The summed E-state index contributed by atoms with van der Waals surface area (Å²) in [5.74, 6) is 0.948. The van der Waals surface area contributed by atoms with Gasteiger partial charge in [0.1, 0.15) is 11.3 Å². The standard InChI is InChI=1S/C29H27Cl2N5O2/c1-38-27-26(21-10-22(30)12-23(31)11-21)28(37)35-16-24(36-17-25(33-34-36)20-4-2-3-5-20)14-29(27,35)13-18-6-8-19(15-32)9-7-18/h6-12,17,20,24H,2-5,13-14,16H2,1H3. The second-order valence-corrected chi connectivity index (χ2v) is 11.3. The molecule has 2 aromatic carbocycles. The second kappa shape index (κ2) is 9.76. The minimum Gasteiger partial charge on any atom is -0.498 e. The largest absolute Gasteiger partial charge is 0.498 e. The van der Waals surface area contributed by atoms with Crippen molar-refractivity contribution in [3.8, 4) is 6.07 Å². The number of carbonyl (C=O) groups is 1. The van der Waals surface area contributed by atoms with Crippen LogP contribution in [0.4, 0.5) is 0 Å². The van der Waals surface area contributed by atoms with Gasteiger partial charge in [-0.25, -0.2) is 4.68 Å². The van der Waals surface area contributed by atoms with E-state index in [0.29, 0.717) is 57.8 Å². The van der Waals surface area contributed by atoms with Gasteiger partial charge >= 0.3 is 0 Å². The fourth-order valence-electron chi connectivity index (χ4n) is 6.49. The van der Waals surface area contributed by atoms with E-state index in [9.17, 15) is 10.1 Å². The Bertz CT molecular complexity index is 1450. The maximum atomic E-state index is 14.1. The number of amides is 1. The lowest BCUT2D eigenvalue weighted by Gasteiger charge is -2.34. The Labute approximate surface area is 231 Å². The molecule has 38 heavy (non-hydrogen) atoms. The van der Waals surface area contributed by atoms with E-state index in [-0.39, 0.29) is 11.9 Å². The van der Waals surface area contributed by atoms with Gasteiger partial charge in [0.15, 0.2) is 0 Å². The quantitative estimate of drug-likeness (QED) is 0.381. The van der Waals surface area contributed by atoms with Crippen molar-refractivity contribution >= 4 is 34.7 Å². The SMILES string of the molecule is COC1=C(c2cc(Cl)cc(Cl)c2)C(=O)N2CC(n3cc(C4CCCC4)nn3)CC12Cc1ccc(C#N)cc1. The first kappa shape index (κ1) is 25.0. The summed E-state index contributed by atoms with van der Waals surface area (Å²) < 4.78 is 8.00. The van der Waals surface area contributed by atoms with E-state index in [2.05, 4.69) is 22.6 Å². The van der Waals surface area contributed by atoms with Crippen molar-refractivity contribution in [1.29, 1.82) is 5.26 Å². The summed E-state index contributed by atoms with van der Waals surface area (Å²) in [5.41, 5.74) is 3.03. The number of halogens is 2. The smallest absolute Gasteiger partial charge is 0.258 e. The summed E-state index contributed by atoms with van der Waals surface area (Å²) in [5, 5.41) is 19.2. The molecule has 2 atom stereocenters. The third-order valence-electron chi connectivity index (χ3n) is 8.20. The summed E-state index contributed by atoms with van der Waals surface area (Å²) in [6.07, 6.45) is 7.98. The van der Waals surface area contributed by atoms with Gasteiger partial charge in [0, 0.05) is 41.5 Å². The maximum absolute atomic E-state index is 14.1. The number of rotatable bonds is 6. The molecule has 0 radical (unpaired) electrons. The average Bonchev–Trinajstić information content (AvgIpc) is 3.68. The van der Waals surface area contributed by atoms with Crippen LogP contribution in [0, 0.1) is 11.3 Å². The average molecular weight is 548 g/mol. The summed E-state index contributed by atoms with van der Waals surface area (Å²) in [6.45, 7) is 0.479. The van der Waals surface area contributed by atoms with Gasteiger partial charge in [0.25, 0.3) is 5.91 Å². The molecule has 1 saturated heterocycles. The highest BCUT2D eigenvalue weighted by Gasteiger charge is 2.59. The highest BCUT2D eigenvalue weighted by atomic mass is 35.5. The van der Waals surface area contributed by atoms with Crippen LogP contribution in [-0.4, -0.2) is 45.0 Å². The molecule has 9 heteroatoms. The number of benzene rings is 2. The number of hydrogen-bond acceptors (Lipinski definition) is 5. The number of fused-ring (bicyclic) bond motifs is 1. The van der Waals surface area contributed by atoms with Gasteiger partial charge in [-0.05, 0) is 54.3 Å². The van der Waals surface area contributed by atoms with Crippen LogP contribution in [0.1, 0.15) is 66.4 Å². The fraction of sp³-hybridized carbons (Fsp3) is 0.379. The van der Waals surface area contributed by atoms with Crippen molar-refractivity contribution in [1.82, 2.24) is 19.9 Å². The van der Waals surface area contributed by atoms with Gasteiger partial charge in [-0.15, -0.1) is 5.10 Å². The summed E-state index contributed by atoms with van der Waals surface area (Å²) in [7, 11) is 1.61. The van der Waals surface area contributed by atoms with E-state index in [1.807, 2.05) is 21.7 Å². The lowest BCUT2D eigenvalue weighted by molar-refractivity contribution is -0.126. The molecular formula is C29H27Cl2N5O2. The van der Waals surface area contributed by atoms with E-state index in [1.165, 1.54) is 12.8 Å². The molecule has 2 aliphatic heterocycles. The number of ether oxygens (including phenoxy) is 1. The third kappa shape index (κ3) is 4.16. The van der Waals surface area contributed by atoms with E-state index in [0.717, 1.165) is 24.1 Å². The predicted octanol–water partition coefficient (Wildman–Crippen LogP) is 5.94. The molecule has 7 nitrogen and oxygen atoms in total. The van der Waals surface area contributed by atoms with Crippen LogP contribution in [0.15, 0.2) is 54.4 Å². The van der Waals surface area contributed by atoms with Crippen molar-refractivity contribution in [3.05, 3.63) is 86.9 Å². The van der Waals surface area contributed by atoms with Gasteiger partial charge in [-0.1, -0.05) is 53.4 Å². The number of methoxy groups -OCH3 is 1. The lowest BCUT2D eigenvalue weighted by atomic mass is 9.85. The normalized spacial score (nSPS) is 23.3. The van der Waals surface area contributed by atoms with E-state index >= 15 is 0 Å². The van der Waals surface area contributed by atoms with Gasteiger partial charge < -0.3 is 9.64 Å². The Balaban J connectivity index is 1.43. The molecule has 1 amide bonds. The molecule has 1 saturated carbocycles. The van der Waals surface area contributed by atoms with Crippen LogP contribution >= 0.6 is 23.2 Å². The molecule has 0 bridgehead atoms. The molecule has 3 aliphatic rings. The molecule has 2 fully saturated rings. The number of hydrogen-bond donors (Lipinski definition) is 0. The zero-order valence-corrected chi connectivity index (χ0v) is 22.5. The molecule has 3 aromatic rings. The highest BCUT2D eigenvalue weighted by Crippen LogP contribution is 2.52. The Hall–Kier alpha value is -3.34. The van der Waals surface area contributed by atoms with Crippen molar-refractivity contribution in [2.24, 2.45) is 0 Å². The Kier molecular flexibility index (Phi) is 6.41. The van der Waals surface area contributed by atoms with Gasteiger partial charge in [0.2, 0.25) is 0 Å². The Morgan fingerprint density at radius 3 is 2.50 bits per heavy atom. The van der Waals surface area contributed by atoms with E-state index in [4.69, 9.17) is 27.9 Å². The Morgan fingerprint density at radius 2 is 1.84 bits per heavy atom. The minimum absolute atomic E-state index is 0.0466. The van der Waals surface area contributed by atoms with Crippen LogP contribution in [0.5, 0.6) is 0 Å². The Morgan fingerprint density at radius 1 is 1.13 bits per heavy atom. The van der Waals surface area contributed by atoms with Crippen molar-refractivity contribution in [2.45, 2.75) is 56.0 Å². The molecule has 1 aliphatic carbocycles. The molecule has 6 rings (SSSR count). The molecule has 0 spiro atoms. The van der Waals surface area contributed by atoms with Crippen molar-refractivity contribution in [3.63, 3.8) is 0 Å². The fourth-order valence-corrected chi connectivity index (χ4v) is 7.02. The number of carbonyl (C=O) groups excluding carboxylic acids is 1.